The lowest BCUT2D eigenvalue weighted by Gasteiger charge is -2.40. The van der Waals surface area contributed by atoms with E-state index < -0.39 is 11.0 Å². The maximum atomic E-state index is 12.7. The first-order valence-corrected chi connectivity index (χ1v) is 8.43. The molecular weight excluding hydrogens is 322 g/mol. The molecule has 1 heterocycles. The number of likely N-dealkylation sites (tertiary alicyclic amines) is 1. The van der Waals surface area contributed by atoms with Crippen LogP contribution >= 0.6 is 0 Å². The van der Waals surface area contributed by atoms with Crippen LogP contribution in [0.5, 0.6) is 5.75 Å². The van der Waals surface area contributed by atoms with E-state index in [4.69, 9.17) is 14.2 Å². The molecule has 0 saturated carbocycles. The number of hydrogen-bond acceptors (Lipinski definition) is 5. The summed E-state index contributed by atoms with van der Waals surface area (Å²) < 4.78 is 16.0. The van der Waals surface area contributed by atoms with Gasteiger partial charge < -0.3 is 19.1 Å². The lowest BCUT2D eigenvalue weighted by molar-refractivity contribution is -0.149. The first-order chi connectivity index (χ1) is 11.7. The minimum atomic E-state index is -0.820. The van der Waals surface area contributed by atoms with E-state index in [0.717, 1.165) is 5.56 Å². The summed E-state index contributed by atoms with van der Waals surface area (Å²) in [5.41, 5.74) is -0.565. The van der Waals surface area contributed by atoms with Crippen molar-refractivity contribution in [3.05, 3.63) is 29.8 Å². The van der Waals surface area contributed by atoms with Crippen LogP contribution in [0.4, 0.5) is 4.79 Å². The third-order valence-electron chi connectivity index (χ3n) is 4.47. The van der Waals surface area contributed by atoms with Gasteiger partial charge in [-0.2, -0.15) is 0 Å². The number of methoxy groups -OCH3 is 2. The van der Waals surface area contributed by atoms with Crippen LogP contribution in [0.3, 0.4) is 0 Å². The van der Waals surface area contributed by atoms with Crippen molar-refractivity contribution >= 4 is 12.1 Å². The van der Waals surface area contributed by atoms with Crippen LogP contribution < -0.4 is 4.74 Å². The highest BCUT2D eigenvalue weighted by Crippen LogP contribution is 2.41. The minimum Gasteiger partial charge on any atom is -0.496 e. The van der Waals surface area contributed by atoms with E-state index in [9.17, 15) is 9.59 Å². The number of rotatable bonds is 3. The highest BCUT2D eigenvalue weighted by Gasteiger charge is 2.46. The number of piperidine rings is 1. The summed E-state index contributed by atoms with van der Waals surface area (Å²) in [4.78, 5) is 26.6. The Hall–Kier alpha value is -2.24. The highest BCUT2D eigenvalue weighted by molar-refractivity contribution is 5.85. The predicted molar refractivity (Wildman–Crippen MR) is 93.7 cm³/mol. The fraction of sp³-hybridized carbons (Fsp3) is 0.579. The van der Waals surface area contributed by atoms with E-state index in [1.165, 1.54) is 7.11 Å². The lowest BCUT2D eigenvalue weighted by atomic mass is 9.72. The summed E-state index contributed by atoms with van der Waals surface area (Å²) in [6.45, 7) is 6.34. The summed E-state index contributed by atoms with van der Waals surface area (Å²) in [6, 6.07) is 7.46. The molecule has 1 aromatic carbocycles. The fourth-order valence-electron chi connectivity index (χ4n) is 3.22. The van der Waals surface area contributed by atoms with Gasteiger partial charge in [0.25, 0.3) is 0 Å². The molecule has 1 aliphatic rings. The average Bonchev–Trinajstić information content (AvgIpc) is 2.59. The van der Waals surface area contributed by atoms with E-state index >= 15 is 0 Å². The predicted octanol–water partition coefficient (Wildman–Crippen LogP) is 3.14. The van der Waals surface area contributed by atoms with Gasteiger partial charge in [-0.15, -0.1) is 0 Å². The Labute approximate surface area is 149 Å². The Morgan fingerprint density at radius 3 is 2.20 bits per heavy atom. The molecule has 1 aromatic rings. The molecule has 6 nitrogen and oxygen atoms in total. The van der Waals surface area contributed by atoms with Crippen molar-refractivity contribution in [1.82, 2.24) is 4.90 Å². The Balaban J connectivity index is 2.25. The number of amides is 1. The minimum absolute atomic E-state index is 0.305. The SMILES string of the molecule is COC(=O)C1(c2ccccc2OC)CCN(C(=O)OC(C)(C)C)CC1. The van der Waals surface area contributed by atoms with Crippen molar-refractivity contribution in [3.8, 4) is 5.75 Å². The van der Waals surface area contributed by atoms with Gasteiger partial charge in [-0.1, -0.05) is 18.2 Å². The molecule has 0 spiro atoms. The molecule has 0 radical (unpaired) electrons. The van der Waals surface area contributed by atoms with Crippen LogP contribution in [-0.2, 0) is 19.7 Å². The second-order valence-electron chi connectivity index (χ2n) is 7.24. The lowest BCUT2D eigenvalue weighted by Crippen LogP contribution is -2.50. The second-order valence-corrected chi connectivity index (χ2v) is 7.24. The molecule has 2 rings (SSSR count). The summed E-state index contributed by atoms with van der Waals surface area (Å²) >= 11 is 0. The molecule has 0 aliphatic carbocycles. The van der Waals surface area contributed by atoms with Gasteiger partial charge >= 0.3 is 12.1 Å². The number of benzene rings is 1. The van der Waals surface area contributed by atoms with Crippen molar-refractivity contribution in [1.29, 1.82) is 0 Å². The number of carbonyl (C=O) groups is 2. The van der Waals surface area contributed by atoms with E-state index in [1.54, 1.807) is 12.0 Å². The Kier molecular flexibility index (Phi) is 5.60. The van der Waals surface area contributed by atoms with E-state index in [1.807, 2.05) is 45.0 Å². The molecule has 0 atom stereocenters. The van der Waals surface area contributed by atoms with Gasteiger partial charge in [0.15, 0.2) is 0 Å². The van der Waals surface area contributed by atoms with Crippen LogP contribution in [0, 0.1) is 0 Å². The first kappa shape index (κ1) is 19.1. The molecule has 25 heavy (non-hydrogen) atoms. The highest BCUT2D eigenvalue weighted by atomic mass is 16.6. The molecular formula is C19H27NO5. The average molecular weight is 349 g/mol. The van der Waals surface area contributed by atoms with E-state index in [0.29, 0.717) is 31.7 Å². The van der Waals surface area contributed by atoms with Crippen LogP contribution in [0.15, 0.2) is 24.3 Å². The molecule has 6 heteroatoms. The van der Waals surface area contributed by atoms with Crippen molar-refractivity contribution in [2.45, 2.75) is 44.6 Å². The Bertz CT molecular complexity index is 627. The van der Waals surface area contributed by atoms with Crippen molar-refractivity contribution in [2.24, 2.45) is 0 Å². The number of carbonyl (C=O) groups excluding carboxylic acids is 2. The van der Waals surface area contributed by atoms with Crippen LogP contribution in [0.2, 0.25) is 0 Å². The summed E-state index contributed by atoms with van der Waals surface area (Å²) in [5, 5.41) is 0. The van der Waals surface area contributed by atoms with Crippen LogP contribution in [0.1, 0.15) is 39.2 Å². The van der Waals surface area contributed by atoms with Gasteiger partial charge in [-0.25, -0.2) is 4.79 Å². The molecule has 0 N–H and O–H groups in total. The van der Waals surface area contributed by atoms with Crippen molar-refractivity contribution < 1.29 is 23.8 Å². The first-order valence-electron chi connectivity index (χ1n) is 8.43. The van der Waals surface area contributed by atoms with Gasteiger partial charge in [0.1, 0.15) is 11.4 Å². The molecule has 0 bridgehead atoms. The third kappa shape index (κ3) is 4.06. The molecule has 0 aromatic heterocycles. The molecule has 1 aliphatic heterocycles. The quantitative estimate of drug-likeness (QED) is 0.785. The van der Waals surface area contributed by atoms with Gasteiger partial charge in [0.05, 0.1) is 19.6 Å². The van der Waals surface area contributed by atoms with E-state index in [-0.39, 0.29) is 12.1 Å². The van der Waals surface area contributed by atoms with Crippen LogP contribution in [-0.4, -0.2) is 49.9 Å². The number of esters is 1. The number of nitrogens with zero attached hydrogens (tertiary/aromatic N) is 1. The van der Waals surface area contributed by atoms with E-state index in [2.05, 4.69) is 0 Å². The zero-order valence-corrected chi connectivity index (χ0v) is 15.6. The summed E-state index contributed by atoms with van der Waals surface area (Å²) in [7, 11) is 2.97. The topological polar surface area (TPSA) is 65.1 Å². The second kappa shape index (κ2) is 7.33. The summed E-state index contributed by atoms with van der Waals surface area (Å²) in [5.74, 6) is 0.347. The normalized spacial score (nSPS) is 16.9. The molecule has 0 unspecified atom stereocenters. The number of ether oxygens (including phenoxy) is 3. The molecule has 1 saturated heterocycles. The third-order valence-corrected chi connectivity index (χ3v) is 4.47. The molecule has 1 amide bonds. The summed E-state index contributed by atoms with van der Waals surface area (Å²) in [6.07, 6.45) is 0.560. The van der Waals surface area contributed by atoms with Gasteiger partial charge in [-0.3, -0.25) is 4.79 Å². The maximum Gasteiger partial charge on any atom is 0.410 e. The Morgan fingerprint density at radius 1 is 1.08 bits per heavy atom. The maximum absolute atomic E-state index is 12.7. The largest absolute Gasteiger partial charge is 0.496 e. The van der Waals surface area contributed by atoms with Crippen molar-refractivity contribution in [3.63, 3.8) is 0 Å². The van der Waals surface area contributed by atoms with Gasteiger partial charge in [0.2, 0.25) is 0 Å². The van der Waals surface area contributed by atoms with Gasteiger partial charge in [-0.05, 0) is 39.7 Å². The number of para-hydroxylation sites is 1. The molecule has 138 valence electrons. The standard InChI is InChI=1S/C19H27NO5/c1-18(2,3)25-17(22)20-12-10-19(11-13-20,16(21)24-5)14-8-6-7-9-15(14)23-4/h6-9H,10-13H2,1-5H3. The number of hydrogen-bond donors (Lipinski definition) is 0. The monoisotopic (exact) mass is 349 g/mol. The van der Waals surface area contributed by atoms with Gasteiger partial charge in [0, 0.05) is 18.7 Å². The Morgan fingerprint density at radius 2 is 1.68 bits per heavy atom. The smallest absolute Gasteiger partial charge is 0.410 e. The zero-order valence-electron chi connectivity index (χ0n) is 15.6. The van der Waals surface area contributed by atoms with Crippen molar-refractivity contribution in [2.75, 3.05) is 27.3 Å². The molecule has 1 fully saturated rings. The fourth-order valence-corrected chi connectivity index (χ4v) is 3.22. The zero-order chi connectivity index (χ0) is 18.7. The van der Waals surface area contributed by atoms with Crippen LogP contribution in [0.25, 0.3) is 0 Å².